The van der Waals surface area contributed by atoms with Crippen LogP contribution in [0.2, 0.25) is 0 Å². The van der Waals surface area contributed by atoms with E-state index in [2.05, 4.69) is 37.0 Å². The minimum Gasteiger partial charge on any atom is -0.454 e. The predicted octanol–water partition coefficient (Wildman–Crippen LogP) is 4.22. The molecule has 30 heavy (non-hydrogen) atoms. The van der Waals surface area contributed by atoms with E-state index >= 15 is 0 Å². The van der Waals surface area contributed by atoms with E-state index in [1.165, 1.54) is 11.8 Å². The molecule has 0 spiro atoms. The molecule has 4 aromatic rings. The lowest BCUT2D eigenvalue weighted by Gasteiger charge is -2.08. The van der Waals surface area contributed by atoms with Crippen LogP contribution < -0.4 is 9.47 Å². The van der Waals surface area contributed by atoms with Crippen molar-refractivity contribution in [2.75, 3.05) is 6.79 Å². The van der Waals surface area contributed by atoms with Crippen LogP contribution in [0.4, 0.5) is 0 Å². The van der Waals surface area contributed by atoms with E-state index in [-0.39, 0.29) is 6.79 Å². The molecule has 9 heteroatoms. The molecular weight excluding hydrogens is 402 g/mol. The van der Waals surface area contributed by atoms with Crippen LogP contribution in [0, 0.1) is 0 Å². The summed E-state index contributed by atoms with van der Waals surface area (Å²) >= 11 is 1.54. The third kappa shape index (κ3) is 3.21. The van der Waals surface area contributed by atoms with Gasteiger partial charge in [0, 0.05) is 17.2 Å². The highest BCUT2D eigenvalue weighted by molar-refractivity contribution is 7.98. The van der Waals surface area contributed by atoms with Crippen LogP contribution in [-0.4, -0.2) is 31.7 Å². The minimum absolute atomic E-state index is 0.234. The molecule has 150 valence electrons. The Labute approximate surface area is 176 Å². The predicted molar refractivity (Wildman–Crippen MR) is 109 cm³/mol. The van der Waals surface area contributed by atoms with Gasteiger partial charge in [-0.3, -0.25) is 4.57 Å². The molecule has 1 saturated carbocycles. The first-order valence-corrected chi connectivity index (χ1v) is 10.7. The van der Waals surface area contributed by atoms with E-state index in [1.807, 2.05) is 36.4 Å². The maximum Gasteiger partial charge on any atom is 0.237 e. The Kier molecular flexibility index (Phi) is 4.19. The summed E-state index contributed by atoms with van der Waals surface area (Å²) in [5.41, 5.74) is 1.89. The van der Waals surface area contributed by atoms with E-state index < -0.39 is 0 Å². The summed E-state index contributed by atoms with van der Waals surface area (Å²) in [6.45, 7) is 0.234. The fourth-order valence-electron chi connectivity index (χ4n) is 3.39. The molecule has 0 atom stereocenters. The SMILES string of the molecule is c1ccc(-n2c(SCc3nc(-c4ccc5c(c4)OCO5)no3)nnc2C2CC2)cc1. The van der Waals surface area contributed by atoms with Crippen molar-refractivity contribution in [2.45, 2.75) is 29.7 Å². The average molecular weight is 419 g/mol. The van der Waals surface area contributed by atoms with Crippen molar-refractivity contribution in [3.05, 3.63) is 60.2 Å². The van der Waals surface area contributed by atoms with Crippen LogP contribution in [0.5, 0.6) is 11.5 Å². The van der Waals surface area contributed by atoms with Crippen LogP contribution in [0.1, 0.15) is 30.5 Å². The average Bonchev–Trinajstić information content (AvgIpc) is 3.19. The van der Waals surface area contributed by atoms with Gasteiger partial charge >= 0.3 is 0 Å². The molecule has 2 aromatic carbocycles. The van der Waals surface area contributed by atoms with Gasteiger partial charge in [0.05, 0.1) is 5.75 Å². The van der Waals surface area contributed by atoms with Gasteiger partial charge in [-0.2, -0.15) is 4.98 Å². The highest BCUT2D eigenvalue weighted by atomic mass is 32.2. The van der Waals surface area contributed by atoms with E-state index in [4.69, 9.17) is 14.0 Å². The van der Waals surface area contributed by atoms with Crippen molar-refractivity contribution in [2.24, 2.45) is 0 Å². The topological polar surface area (TPSA) is 88.1 Å². The maximum absolute atomic E-state index is 5.46. The van der Waals surface area contributed by atoms with Crippen LogP contribution in [0.3, 0.4) is 0 Å². The molecule has 3 heterocycles. The molecule has 0 unspecified atom stereocenters. The molecule has 0 saturated heterocycles. The van der Waals surface area contributed by atoms with Gasteiger partial charge in [-0.15, -0.1) is 10.2 Å². The van der Waals surface area contributed by atoms with E-state index in [0.717, 1.165) is 40.8 Å². The van der Waals surface area contributed by atoms with Crippen LogP contribution >= 0.6 is 11.8 Å². The number of para-hydroxylation sites is 1. The second kappa shape index (κ2) is 7.17. The zero-order chi connectivity index (χ0) is 19.9. The normalized spacial score (nSPS) is 14.9. The third-order valence-electron chi connectivity index (χ3n) is 5.04. The van der Waals surface area contributed by atoms with Crippen LogP contribution in [0.25, 0.3) is 17.1 Å². The zero-order valence-corrected chi connectivity index (χ0v) is 16.7. The highest BCUT2D eigenvalue weighted by Gasteiger charge is 2.31. The van der Waals surface area contributed by atoms with E-state index in [9.17, 15) is 0 Å². The van der Waals surface area contributed by atoms with Gasteiger partial charge in [-0.25, -0.2) is 0 Å². The van der Waals surface area contributed by atoms with Gasteiger partial charge in [-0.05, 0) is 43.2 Å². The number of ether oxygens (including phenoxy) is 2. The Morgan fingerprint density at radius 2 is 1.87 bits per heavy atom. The Morgan fingerprint density at radius 3 is 2.73 bits per heavy atom. The summed E-state index contributed by atoms with van der Waals surface area (Å²) in [5, 5.41) is 13.8. The number of hydrogen-bond acceptors (Lipinski definition) is 8. The summed E-state index contributed by atoms with van der Waals surface area (Å²) in [7, 11) is 0. The number of rotatable bonds is 6. The summed E-state index contributed by atoms with van der Waals surface area (Å²) in [6, 6.07) is 15.8. The summed E-state index contributed by atoms with van der Waals surface area (Å²) < 4.78 is 18.4. The molecule has 1 aliphatic carbocycles. The summed E-state index contributed by atoms with van der Waals surface area (Å²) in [5.74, 6) is 4.49. The minimum atomic E-state index is 0.234. The smallest absolute Gasteiger partial charge is 0.237 e. The Bertz CT molecular complexity index is 1200. The molecule has 6 rings (SSSR count). The molecule has 0 bridgehead atoms. The lowest BCUT2D eigenvalue weighted by atomic mass is 10.2. The molecule has 2 aromatic heterocycles. The Morgan fingerprint density at radius 1 is 1.00 bits per heavy atom. The summed E-state index contributed by atoms with van der Waals surface area (Å²) in [4.78, 5) is 4.53. The molecule has 2 aliphatic rings. The van der Waals surface area contributed by atoms with Gasteiger partial charge in [-0.1, -0.05) is 35.1 Å². The number of hydrogen-bond donors (Lipinski definition) is 0. The number of benzene rings is 2. The fraction of sp³-hybridized carbons (Fsp3) is 0.238. The van der Waals surface area contributed by atoms with E-state index in [0.29, 0.717) is 29.1 Å². The van der Waals surface area contributed by atoms with Crippen molar-refractivity contribution in [1.29, 1.82) is 0 Å². The Balaban J connectivity index is 1.23. The van der Waals surface area contributed by atoms with Crippen LogP contribution in [-0.2, 0) is 5.75 Å². The second-order valence-corrected chi connectivity index (χ2v) is 8.10. The van der Waals surface area contributed by atoms with Crippen molar-refractivity contribution in [3.8, 4) is 28.6 Å². The van der Waals surface area contributed by atoms with E-state index in [1.54, 1.807) is 0 Å². The molecular formula is C21H17N5O3S. The monoisotopic (exact) mass is 419 g/mol. The van der Waals surface area contributed by atoms with Gasteiger partial charge in [0.1, 0.15) is 5.82 Å². The summed E-state index contributed by atoms with van der Waals surface area (Å²) in [6.07, 6.45) is 2.33. The number of thioether (sulfide) groups is 1. The highest BCUT2D eigenvalue weighted by Crippen LogP contribution is 2.41. The third-order valence-corrected chi connectivity index (χ3v) is 5.95. The van der Waals surface area contributed by atoms with Gasteiger partial charge in [0.2, 0.25) is 18.5 Å². The lowest BCUT2D eigenvalue weighted by Crippen LogP contribution is -2.01. The van der Waals surface area contributed by atoms with Gasteiger partial charge in [0.25, 0.3) is 0 Å². The number of fused-ring (bicyclic) bond motifs is 1. The standard InChI is InChI=1S/C21H17N5O3S/c1-2-4-15(5-3-1)26-20(13-6-7-13)23-24-21(26)30-11-18-22-19(25-29-18)14-8-9-16-17(10-14)28-12-27-16/h1-5,8-10,13H,6-7,11-12H2. The molecule has 8 nitrogen and oxygen atoms in total. The van der Waals surface area contributed by atoms with Crippen molar-refractivity contribution >= 4 is 11.8 Å². The number of aromatic nitrogens is 5. The maximum atomic E-state index is 5.46. The largest absolute Gasteiger partial charge is 0.454 e. The van der Waals surface area contributed by atoms with Gasteiger partial charge < -0.3 is 14.0 Å². The first kappa shape index (κ1) is 17.5. The first-order valence-electron chi connectivity index (χ1n) is 9.71. The molecule has 0 amide bonds. The lowest BCUT2D eigenvalue weighted by molar-refractivity contribution is 0.174. The fourth-order valence-corrected chi connectivity index (χ4v) is 4.19. The van der Waals surface area contributed by atoms with Crippen LogP contribution in [0.15, 0.2) is 58.2 Å². The zero-order valence-electron chi connectivity index (χ0n) is 15.9. The molecule has 0 N–H and O–H groups in total. The first-order chi connectivity index (χ1) is 14.8. The Hall–Kier alpha value is -3.33. The van der Waals surface area contributed by atoms with Crippen molar-refractivity contribution in [3.63, 3.8) is 0 Å². The second-order valence-electron chi connectivity index (χ2n) is 7.15. The molecule has 1 aliphatic heterocycles. The van der Waals surface area contributed by atoms with Crippen molar-refractivity contribution < 1.29 is 14.0 Å². The van der Waals surface area contributed by atoms with Gasteiger partial charge in [0.15, 0.2) is 16.7 Å². The molecule has 0 radical (unpaired) electrons. The quantitative estimate of drug-likeness (QED) is 0.429. The van der Waals surface area contributed by atoms with Crippen molar-refractivity contribution in [1.82, 2.24) is 24.9 Å². The number of nitrogens with zero attached hydrogens (tertiary/aromatic N) is 5. The molecule has 1 fully saturated rings.